The van der Waals surface area contributed by atoms with E-state index in [0.717, 1.165) is 38.9 Å². The number of aromatic nitrogens is 3. The monoisotopic (exact) mass is 776 g/mol. The lowest BCUT2D eigenvalue weighted by Gasteiger charge is -2.29. The zero-order valence-electron chi connectivity index (χ0n) is 30.6. The molecule has 1 spiro atoms. The molecule has 6 N–H and O–H groups in total. The summed E-state index contributed by atoms with van der Waals surface area (Å²) in [6, 6.07) is 15.6. The van der Waals surface area contributed by atoms with Crippen molar-refractivity contribution in [2.45, 2.75) is 63.9 Å². The number of para-hydroxylation sites is 1. The molecule has 16 heteroatoms. The Morgan fingerprint density at radius 3 is 2.62 bits per heavy atom. The number of hydrogen-bond donors (Lipinski definition) is 6. The molecule has 10 bridgehead atoms. The minimum absolute atomic E-state index is 0.123. The number of ether oxygens (including phenoxy) is 1. The predicted molar refractivity (Wildman–Crippen MR) is 203 cm³/mol. The normalized spacial score (nSPS) is 21.9. The van der Waals surface area contributed by atoms with Gasteiger partial charge in [-0.2, -0.15) is 4.73 Å². The van der Waals surface area contributed by atoms with E-state index in [1.54, 1.807) is 26.2 Å². The summed E-state index contributed by atoms with van der Waals surface area (Å²) in [5, 5.41) is 21.0. The van der Waals surface area contributed by atoms with E-state index in [0.29, 0.717) is 34.0 Å². The van der Waals surface area contributed by atoms with Crippen LogP contribution in [0.5, 0.6) is 5.75 Å². The molecule has 3 unspecified atom stereocenters. The third-order valence-corrected chi connectivity index (χ3v) is 11.6. The van der Waals surface area contributed by atoms with Gasteiger partial charge in [0.2, 0.25) is 23.6 Å². The molecule has 2 amide bonds. The van der Waals surface area contributed by atoms with E-state index in [2.05, 4.69) is 16.0 Å². The molecule has 7 heterocycles. The van der Waals surface area contributed by atoms with Crippen LogP contribution in [0.3, 0.4) is 0 Å². The topological polar surface area (TPSA) is 206 Å². The molecule has 0 radical (unpaired) electrons. The lowest BCUT2D eigenvalue weighted by Crippen LogP contribution is -2.52. The van der Waals surface area contributed by atoms with Crippen molar-refractivity contribution < 1.29 is 42.7 Å². The molecule has 0 fully saturated rings. The number of nitrogens with zero attached hydrogens (tertiary/aromatic N) is 3. The van der Waals surface area contributed by atoms with Crippen LogP contribution in [0.25, 0.3) is 44.9 Å². The number of anilines is 1. The van der Waals surface area contributed by atoms with Gasteiger partial charge in [-0.3, -0.25) is 9.59 Å². The molecule has 6 aromatic rings. The fraction of sp³-hybridized carbons (Fsp3) is 0.300. The van der Waals surface area contributed by atoms with Crippen LogP contribution in [0.2, 0.25) is 0 Å². The predicted octanol–water partition coefficient (Wildman–Crippen LogP) is 4.92. The van der Waals surface area contributed by atoms with Crippen molar-refractivity contribution in [3.8, 4) is 39.8 Å². The third-order valence-electron chi connectivity index (χ3n) is 11.3. The summed E-state index contributed by atoms with van der Waals surface area (Å²) >= 11 is 0. The van der Waals surface area contributed by atoms with Crippen LogP contribution in [-0.2, 0) is 21.4 Å². The lowest BCUT2D eigenvalue weighted by atomic mass is 9.72. The molecule has 0 saturated heterocycles. The fourth-order valence-corrected chi connectivity index (χ4v) is 8.92. The van der Waals surface area contributed by atoms with Crippen LogP contribution in [0, 0.1) is 11.8 Å². The molecule has 4 aliphatic heterocycles. The van der Waals surface area contributed by atoms with Crippen molar-refractivity contribution in [3.63, 3.8) is 0 Å². The van der Waals surface area contributed by atoms with Crippen molar-refractivity contribution in [1.82, 2.24) is 25.3 Å². The zero-order chi connectivity index (χ0) is 38.8. The summed E-state index contributed by atoms with van der Waals surface area (Å²) < 4.78 is 27.1. The van der Waals surface area contributed by atoms with Gasteiger partial charge in [0.05, 0.1) is 17.9 Å². The standard InChI is InChI=1S/C40H37N6O9P/c1-17(2)30-38-44-32-34(54-38)40-23-9-5-8-21(20-7-6-10-26-29(20)22(16-46(26)55-56(50)51)28-15-41-37(32)52-28)31(23)45-39(40)53-27-12-11-19(13-24(27)40)14-25(35(48)43-30)42-36(49)33(47)18(3)4/h5-13,15-18,25,30,33,39,45,47,50-51H,14H2,1-4H3,(H,42,49)(H,43,48)/t25-,30?,33-,39?,40?/m0/s1. The Hall–Kier alpha value is -5.73. The molecule has 0 saturated carbocycles. The molecular weight excluding hydrogens is 739 g/mol. The Kier molecular flexibility index (Phi) is 7.68. The maximum absolute atomic E-state index is 14.2. The summed E-state index contributed by atoms with van der Waals surface area (Å²) in [6.07, 6.45) is 1.29. The van der Waals surface area contributed by atoms with Gasteiger partial charge in [0, 0.05) is 39.7 Å². The van der Waals surface area contributed by atoms with Crippen LogP contribution in [0.4, 0.5) is 5.69 Å². The number of aliphatic hydroxyl groups is 1. The molecule has 10 rings (SSSR count). The molecule has 4 aliphatic rings. The highest BCUT2D eigenvalue weighted by atomic mass is 31.2. The summed E-state index contributed by atoms with van der Waals surface area (Å²) in [7, 11) is -2.75. The number of hydrogen-bond acceptors (Lipinski definition) is 12. The van der Waals surface area contributed by atoms with E-state index in [9.17, 15) is 24.5 Å². The smallest absolute Gasteiger partial charge is 0.412 e. The van der Waals surface area contributed by atoms with Crippen LogP contribution >= 0.6 is 8.60 Å². The molecular formula is C40H37N6O9P. The second-order valence-corrected chi connectivity index (χ2v) is 16.0. The average molecular weight is 777 g/mol. The maximum Gasteiger partial charge on any atom is 0.412 e. The van der Waals surface area contributed by atoms with Gasteiger partial charge in [0.1, 0.15) is 29.4 Å². The van der Waals surface area contributed by atoms with Gasteiger partial charge in [-0.25, -0.2) is 9.97 Å². The molecule has 0 aliphatic carbocycles. The van der Waals surface area contributed by atoms with E-state index in [-0.39, 0.29) is 30.0 Å². The number of nitrogens with one attached hydrogen (secondary N) is 3. The quantitative estimate of drug-likeness (QED) is 0.125. The number of fused-ring (bicyclic) bond motifs is 7. The summed E-state index contributed by atoms with van der Waals surface area (Å²) in [6.45, 7) is 7.33. The second-order valence-electron chi connectivity index (χ2n) is 15.4. The highest BCUT2D eigenvalue weighted by Crippen LogP contribution is 2.61. The zero-order valence-corrected chi connectivity index (χ0v) is 31.5. The van der Waals surface area contributed by atoms with Gasteiger partial charge >= 0.3 is 8.60 Å². The van der Waals surface area contributed by atoms with E-state index < -0.39 is 50.2 Å². The van der Waals surface area contributed by atoms with E-state index in [4.69, 9.17) is 28.2 Å². The molecule has 286 valence electrons. The molecule has 5 atom stereocenters. The minimum atomic E-state index is -2.75. The van der Waals surface area contributed by atoms with Crippen LogP contribution < -0.4 is 25.3 Å². The number of rotatable bonds is 6. The SMILES string of the molecule is CC(C)C1NC(=O)[C@@H](NC(=O)[C@@H](O)C(C)C)Cc2ccc3c(c2)C24c5cccc(c5NC2O3)-c2cccc3c2c(cn3OP(O)O)-c2cnc(o2)-c2nc1oc24. The number of amides is 2. The highest BCUT2D eigenvalue weighted by Gasteiger charge is 2.61. The first-order valence-electron chi connectivity index (χ1n) is 18.4. The van der Waals surface area contributed by atoms with Crippen molar-refractivity contribution in [3.05, 3.63) is 95.3 Å². The van der Waals surface area contributed by atoms with Crippen LogP contribution in [0.1, 0.15) is 62.1 Å². The second kappa shape index (κ2) is 12.4. The summed E-state index contributed by atoms with van der Waals surface area (Å²) in [5.74, 6) is 0.00816. The molecule has 15 nitrogen and oxygen atoms in total. The minimum Gasteiger partial charge on any atom is -0.469 e. The maximum atomic E-state index is 14.2. The van der Waals surface area contributed by atoms with E-state index >= 15 is 0 Å². The van der Waals surface area contributed by atoms with Crippen molar-refractivity contribution in [2.75, 3.05) is 5.32 Å². The Bertz CT molecular complexity index is 2610. The first kappa shape index (κ1) is 34.7. The van der Waals surface area contributed by atoms with E-state index in [1.807, 2.05) is 68.4 Å². The van der Waals surface area contributed by atoms with Gasteiger partial charge in [0.25, 0.3) is 0 Å². The number of oxazole rings is 2. The first-order valence-corrected chi connectivity index (χ1v) is 19.6. The van der Waals surface area contributed by atoms with Crippen molar-refractivity contribution >= 4 is 37.0 Å². The number of aliphatic hydroxyl groups excluding tert-OH is 1. The summed E-state index contributed by atoms with van der Waals surface area (Å²) in [4.78, 5) is 57.0. The number of carbonyl (C=O) groups is 2. The Labute approximate surface area is 320 Å². The Balaban J connectivity index is 1.27. The third kappa shape index (κ3) is 4.91. The largest absolute Gasteiger partial charge is 0.469 e. The van der Waals surface area contributed by atoms with Gasteiger partial charge in [-0.15, -0.1) is 0 Å². The molecule has 56 heavy (non-hydrogen) atoms. The Morgan fingerprint density at radius 1 is 1.04 bits per heavy atom. The van der Waals surface area contributed by atoms with Crippen molar-refractivity contribution in [1.29, 1.82) is 0 Å². The van der Waals surface area contributed by atoms with Gasteiger partial charge in [-0.1, -0.05) is 70.2 Å². The van der Waals surface area contributed by atoms with E-state index in [1.165, 1.54) is 4.73 Å². The Morgan fingerprint density at radius 2 is 1.84 bits per heavy atom. The highest BCUT2D eigenvalue weighted by molar-refractivity contribution is 7.39. The molecule has 3 aromatic heterocycles. The van der Waals surface area contributed by atoms with Crippen molar-refractivity contribution in [2.24, 2.45) is 11.8 Å². The average Bonchev–Trinajstić information content (AvgIpc) is 3.99. The number of benzene rings is 3. The number of carbonyl (C=O) groups excluding carboxylic acids is 2. The summed E-state index contributed by atoms with van der Waals surface area (Å²) in [5.41, 5.74) is 5.06. The molecule has 3 aromatic carbocycles. The van der Waals surface area contributed by atoms with Crippen LogP contribution in [0.15, 0.2) is 75.8 Å². The lowest BCUT2D eigenvalue weighted by molar-refractivity contribution is -0.135. The first-order chi connectivity index (χ1) is 26.9. The van der Waals surface area contributed by atoms with Gasteiger partial charge in [-0.05, 0) is 35.1 Å². The van der Waals surface area contributed by atoms with Crippen LogP contribution in [-0.4, -0.2) is 59.8 Å². The van der Waals surface area contributed by atoms with Gasteiger partial charge < -0.3 is 49.0 Å². The fourth-order valence-electron chi connectivity index (χ4n) is 8.63. The van der Waals surface area contributed by atoms with Gasteiger partial charge in [0.15, 0.2) is 23.4 Å².